The molecule has 0 heterocycles. The second kappa shape index (κ2) is 4.77. The molecule has 1 N–H and O–H groups in total. The van der Waals surface area contributed by atoms with Crippen molar-refractivity contribution in [2.24, 2.45) is 0 Å². The van der Waals surface area contributed by atoms with Crippen LogP contribution >= 0.6 is 11.6 Å². The molecule has 4 nitrogen and oxygen atoms in total. The van der Waals surface area contributed by atoms with Gasteiger partial charge in [-0.15, -0.1) is 0 Å². The van der Waals surface area contributed by atoms with Crippen LogP contribution in [0.5, 0.6) is 5.75 Å². The minimum atomic E-state index is -3.11. The largest absolute Gasteiger partial charge is 0.478 e. The van der Waals surface area contributed by atoms with Gasteiger partial charge in [-0.3, -0.25) is 0 Å². The van der Waals surface area contributed by atoms with E-state index < -0.39 is 28.9 Å². The van der Waals surface area contributed by atoms with Crippen LogP contribution < -0.4 is 4.74 Å². The van der Waals surface area contributed by atoms with Gasteiger partial charge in [-0.25, -0.2) is 4.79 Å². The van der Waals surface area contributed by atoms with Crippen LogP contribution in [0.3, 0.4) is 0 Å². The molecule has 0 radical (unpaired) electrons. The number of nitrogens with zero attached hydrogens (tertiary/aromatic N) is 1. The fraction of sp³-hybridized carbons (Fsp3) is 0.111. The van der Waals surface area contributed by atoms with Crippen LogP contribution in [-0.2, 0) is 0 Å². The van der Waals surface area contributed by atoms with E-state index in [0.717, 1.165) is 12.1 Å². The number of halogens is 3. The van der Waals surface area contributed by atoms with Crippen LogP contribution in [0.1, 0.15) is 15.9 Å². The third kappa shape index (κ3) is 2.38. The van der Waals surface area contributed by atoms with Crippen molar-refractivity contribution in [1.82, 2.24) is 0 Å². The Labute approximate surface area is 93.6 Å². The number of carboxylic acids is 1. The first kappa shape index (κ1) is 12.2. The quantitative estimate of drug-likeness (QED) is 0.891. The van der Waals surface area contributed by atoms with Gasteiger partial charge in [-0.05, 0) is 12.1 Å². The molecule has 84 valence electrons. The molecule has 0 bridgehead atoms. The number of ether oxygens (including phenoxy) is 1. The predicted octanol–water partition coefficient (Wildman–Crippen LogP) is 2.51. The van der Waals surface area contributed by atoms with Crippen molar-refractivity contribution < 1.29 is 23.4 Å². The van der Waals surface area contributed by atoms with E-state index in [1.54, 1.807) is 0 Å². The van der Waals surface area contributed by atoms with E-state index in [9.17, 15) is 13.6 Å². The monoisotopic (exact) mass is 247 g/mol. The summed E-state index contributed by atoms with van der Waals surface area (Å²) in [6, 6.07) is 3.46. The highest BCUT2D eigenvalue weighted by atomic mass is 35.5. The fourth-order valence-corrected chi connectivity index (χ4v) is 1.30. The van der Waals surface area contributed by atoms with E-state index in [2.05, 4.69) is 4.74 Å². The summed E-state index contributed by atoms with van der Waals surface area (Å²) in [6.07, 6.45) is 0. The molecule has 1 aromatic carbocycles. The molecular weight excluding hydrogens is 244 g/mol. The summed E-state index contributed by atoms with van der Waals surface area (Å²) in [5, 5.41) is 16.9. The highest BCUT2D eigenvalue weighted by Crippen LogP contribution is 2.30. The summed E-state index contributed by atoms with van der Waals surface area (Å²) >= 11 is 5.56. The van der Waals surface area contributed by atoms with Crippen molar-refractivity contribution in [2.45, 2.75) is 6.61 Å². The van der Waals surface area contributed by atoms with Gasteiger partial charge in [-0.2, -0.15) is 14.0 Å². The number of carboxylic acid groups (broad SMARTS) is 1. The Balaban J connectivity index is 3.31. The SMILES string of the molecule is N#Cc1c(OC(F)F)ccc(C(=O)O)c1Cl. The highest BCUT2D eigenvalue weighted by Gasteiger charge is 2.18. The van der Waals surface area contributed by atoms with E-state index in [0.29, 0.717) is 0 Å². The molecule has 0 amide bonds. The van der Waals surface area contributed by atoms with Crippen molar-refractivity contribution in [3.05, 3.63) is 28.3 Å². The van der Waals surface area contributed by atoms with E-state index in [1.807, 2.05) is 0 Å². The van der Waals surface area contributed by atoms with Gasteiger partial charge in [0, 0.05) is 0 Å². The molecule has 0 saturated carbocycles. The third-order valence-corrected chi connectivity index (χ3v) is 2.05. The molecule has 1 aromatic rings. The molecule has 1 rings (SSSR count). The number of aromatic carboxylic acids is 1. The Morgan fingerprint density at radius 1 is 1.56 bits per heavy atom. The minimum absolute atomic E-state index is 0.347. The number of benzene rings is 1. The molecule has 0 spiro atoms. The molecule has 7 heteroatoms. The van der Waals surface area contributed by atoms with Gasteiger partial charge in [-0.1, -0.05) is 11.6 Å². The molecule has 0 aromatic heterocycles. The van der Waals surface area contributed by atoms with Gasteiger partial charge >= 0.3 is 12.6 Å². The van der Waals surface area contributed by atoms with Gasteiger partial charge in [0.05, 0.1) is 10.6 Å². The molecule has 0 saturated heterocycles. The van der Waals surface area contributed by atoms with Crippen LogP contribution in [0.4, 0.5) is 8.78 Å². The fourth-order valence-electron chi connectivity index (χ4n) is 1.02. The molecule has 0 aliphatic rings. The van der Waals surface area contributed by atoms with Crippen LogP contribution in [0.25, 0.3) is 0 Å². The lowest BCUT2D eigenvalue weighted by molar-refractivity contribution is -0.0500. The first-order chi connectivity index (χ1) is 7.47. The lowest BCUT2D eigenvalue weighted by Gasteiger charge is -2.08. The summed E-state index contributed by atoms with van der Waals surface area (Å²) in [5.74, 6) is -1.81. The Morgan fingerprint density at radius 3 is 2.62 bits per heavy atom. The normalized spacial score (nSPS) is 9.94. The van der Waals surface area contributed by atoms with Crippen molar-refractivity contribution in [3.63, 3.8) is 0 Å². The standard InChI is InChI=1S/C9H4ClF2NO3/c10-7-4(8(14)15)1-2-6(5(7)3-13)16-9(11)12/h1-2,9H,(H,14,15). The summed E-state index contributed by atoms with van der Waals surface area (Å²) in [7, 11) is 0. The lowest BCUT2D eigenvalue weighted by Crippen LogP contribution is -2.06. The van der Waals surface area contributed by atoms with Crippen LogP contribution in [-0.4, -0.2) is 17.7 Å². The number of hydrogen-bond donors (Lipinski definition) is 1. The number of nitriles is 1. The smallest absolute Gasteiger partial charge is 0.387 e. The number of rotatable bonds is 3. The molecular formula is C9H4ClF2NO3. The van der Waals surface area contributed by atoms with Crippen molar-refractivity contribution >= 4 is 17.6 Å². The highest BCUT2D eigenvalue weighted by molar-refractivity contribution is 6.34. The zero-order valence-corrected chi connectivity index (χ0v) is 8.33. The third-order valence-electron chi connectivity index (χ3n) is 1.66. The van der Waals surface area contributed by atoms with Crippen LogP contribution in [0.2, 0.25) is 5.02 Å². The van der Waals surface area contributed by atoms with Crippen molar-refractivity contribution in [3.8, 4) is 11.8 Å². The maximum absolute atomic E-state index is 11.9. The number of alkyl halides is 2. The van der Waals surface area contributed by atoms with E-state index in [1.165, 1.54) is 6.07 Å². The van der Waals surface area contributed by atoms with Crippen molar-refractivity contribution in [2.75, 3.05) is 0 Å². The molecule has 0 unspecified atom stereocenters. The van der Waals surface area contributed by atoms with E-state index >= 15 is 0 Å². The van der Waals surface area contributed by atoms with Gasteiger partial charge < -0.3 is 9.84 Å². The topological polar surface area (TPSA) is 70.3 Å². The van der Waals surface area contributed by atoms with Gasteiger partial charge in [0.15, 0.2) is 0 Å². The zero-order valence-electron chi connectivity index (χ0n) is 7.58. The van der Waals surface area contributed by atoms with Crippen LogP contribution in [0, 0.1) is 11.3 Å². The Hall–Kier alpha value is -1.87. The second-order valence-electron chi connectivity index (χ2n) is 2.60. The first-order valence-corrected chi connectivity index (χ1v) is 4.26. The summed E-state index contributed by atoms with van der Waals surface area (Å²) < 4.78 is 27.9. The van der Waals surface area contributed by atoms with Gasteiger partial charge in [0.25, 0.3) is 0 Å². The van der Waals surface area contributed by atoms with Gasteiger partial charge in [0.2, 0.25) is 0 Å². The Bertz CT molecular complexity index is 471. The molecule has 0 aliphatic carbocycles. The average molecular weight is 248 g/mol. The first-order valence-electron chi connectivity index (χ1n) is 3.88. The Kier molecular flexibility index (Phi) is 3.64. The average Bonchev–Trinajstić information content (AvgIpc) is 2.16. The number of hydrogen-bond acceptors (Lipinski definition) is 3. The summed E-state index contributed by atoms with van der Waals surface area (Å²) in [6.45, 7) is -3.11. The molecule has 0 aliphatic heterocycles. The van der Waals surface area contributed by atoms with E-state index in [-0.39, 0.29) is 5.56 Å². The second-order valence-corrected chi connectivity index (χ2v) is 2.97. The maximum atomic E-state index is 11.9. The molecule has 0 atom stereocenters. The summed E-state index contributed by atoms with van der Waals surface area (Å²) in [5.41, 5.74) is -0.776. The lowest BCUT2D eigenvalue weighted by atomic mass is 10.1. The summed E-state index contributed by atoms with van der Waals surface area (Å²) in [4.78, 5) is 10.6. The van der Waals surface area contributed by atoms with Crippen molar-refractivity contribution in [1.29, 1.82) is 5.26 Å². The van der Waals surface area contributed by atoms with Gasteiger partial charge in [0.1, 0.15) is 17.4 Å². The predicted molar refractivity (Wildman–Crippen MR) is 49.8 cm³/mol. The number of carbonyl (C=O) groups is 1. The maximum Gasteiger partial charge on any atom is 0.387 e. The molecule has 16 heavy (non-hydrogen) atoms. The van der Waals surface area contributed by atoms with E-state index in [4.69, 9.17) is 22.0 Å². The molecule has 0 fully saturated rings. The van der Waals surface area contributed by atoms with Crippen LogP contribution in [0.15, 0.2) is 12.1 Å². The Morgan fingerprint density at radius 2 is 2.19 bits per heavy atom. The zero-order chi connectivity index (χ0) is 12.3. The minimum Gasteiger partial charge on any atom is -0.478 e.